The molecule has 2 heterocycles. The van der Waals surface area contributed by atoms with Gasteiger partial charge in [0.15, 0.2) is 5.16 Å². The van der Waals surface area contributed by atoms with E-state index in [1.807, 2.05) is 6.07 Å². The maximum Gasteiger partial charge on any atom is 0.268 e. The Hall–Kier alpha value is -1.24. The van der Waals surface area contributed by atoms with Crippen molar-refractivity contribution < 1.29 is 4.74 Å². The zero-order valence-corrected chi connectivity index (χ0v) is 15.7. The molecule has 0 fully saturated rings. The topological polar surface area (TPSA) is 44.1 Å². The fourth-order valence-electron chi connectivity index (χ4n) is 2.73. The standard InChI is InChI=1S/C18H22N2O2S2/c1-13-12-15-16(24-13)17(21)20(9-10-22-2)18(19-15)23-11-8-14-6-4-3-5-7-14/h3-7,13H,8-12H2,1-2H3. The van der Waals surface area contributed by atoms with Crippen LogP contribution in [0.15, 0.2) is 45.2 Å². The molecule has 128 valence electrons. The summed E-state index contributed by atoms with van der Waals surface area (Å²) in [5.41, 5.74) is 2.36. The molecular weight excluding hydrogens is 340 g/mol. The van der Waals surface area contributed by atoms with Crippen LogP contribution in [0.25, 0.3) is 0 Å². The number of fused-ring (bicyclic) bond motifs is 1. The lowest BCUT2D eigenvalue weighted by atomic mass is 10.2. The highest BCUT2D eigenvalue weighted by Crippen LogP contribution is 2.34. The maximum atomic E-state index is 12.8. The molecule has 0 radical (unpaired) electrons. The van der Waals surface area contributed by atoms with Gasteiger partial charge in [-0.3, -0.25) is 9.36 Å². The van der Waals surface area contributed by atoms with Crippen molar-refractivity contribution in [1.29, 1.82) is 0 Å². The van der Waals surface area contributed by atoms with Crippen LogP contribution in [-0.4, -0.2) is 34.3 Å². The van der Waals surface area contributed by atoms with E-state index in [1.165, 1.54) is 5.56 Å². The molecule has 0 saturated carbocycles. The third-order valence-electron chi connectivity index (χ3n) is 3.95. The van der Waals surface area contributed by atoms with Gasteiger partial charge < -0.3 is 4.74 Å². The molecule has 0 spiro atoms. The zero-order chi connectivity index (χ0) is 16.9. The molecule has 0 aliphatic carbocycles. The average Bonchev–Trinajstić information content (AvgIpc) is 2.96. The normalized spacial score (nSPS) is 16.3. The van der Waals surface area contributed by atoms with Gasteiger partial charge in [-0.1, -0.05) is 49.0 Å². The molecule has 1 unspecified atom stereocenters. The molecule has 1 aliphatic heterocycles. The second kappa shape index (κ2) is 8.23. The lowest BCUT2D eigenvalue weighted by molar-refractivity contribution is 0.182. The number of nitrogens with zero attached hydrogens (tertiary/aromatic N) is 2. The molecule has 3 rings (SSSR count). The molecule has 1 aliphatic rings. The van der Waals surface area contributed by atoms with E-state index < -0.39 is 0 Å². The summed E-state index contributed by atoms with van der Waals surface area (Å²) in [4.78, 5) is 18.4. The van der Waals surface area contributed by atoms with Crippen LogP contribution in [0.3, 0.4) is 0 Å². The quantitative estimate of drug-likeness (QED) is 0.559. The third kappa shape index (κ3) is 4.05. The zero-order valence-electron chi connectivity index (χ0n) is 14.0. The first kappa shape index (κ1) is 17.6. The van der Waals surface area contributed by atoms with Gasteiger partial charge in [-0.2, -0.15) is 0 Å². The number of ether oxygens (including phenoxy) is 1. The Morgan fingerprint density at radius 1 is 1.38 bits per heavy atom. The highest BCUT2D eigenvalue weighted by Gasteiger charge is 2.26. The Balaban J connectivity index is 1.79. The molecule has 1 aromatic carbocycles. The number of thioether (sulfide) groups is 2. The van der Waals surface area contributed by atoms with E-state index in [4.69, 9.17) is 9.72 Å². The summed E-state index contributed by atoms with van der Waals surface area (Å²) in [6, 6.07) is 10.4. The van der Waals surface area contributed by atoms with Crippen LogP contribution in [0, 0.1) is 0 Å². The van der Waals surface area contributed by atoms with Gasteiger partial charge in [0.2, 0.25) is 0 Å². The number of hydrogen-bond acceptors (Lipinski definition) is 5. The van der Waals surface area contributed by atoms with Gasteiger partial charge in [0.1, 0.15) is 0 Å². The van der Waals surface area contributed by atoms with Crippen molar-refractivity contribution in [3.63, 3.8) is 0 Å². The van der Waals surface area contributed by atoms with Gasteiger partial charge >= 0.3 is 0 Å². The van der Waals surface area contributed by atoms with Gasteiger partial charge in [-0.15, -0.1) is 11.8 Å². The van der Waals surface area contributed by atoms with Gasteiger partial charge in [0, 0.05) is 24.5 Å². The van der Waals surface area contributed by atoms with Crippen molar-refractivity contribution in [3.05, 3.63) is 51.9 Å². The van der Waals surface area contributed by atoms with E-state index in [-0.39, 0.29) is 5.56 Å². The molecule has 1 aromatic heterocycles. The van der Waals surface area contributed by atoms with Crippen molar-refractivity contribution in [2.24, 2.45) is 0 Å². The molecule has 2 aromatic rings. The molecule has 0 bridgehead atoms. The lowest BCUT2D eigenvalue weighted by Crippen LogP contribution is -2.27. The molecule has 0 saturated heterocycles. The molecule has 0 N–H and O–H groups in total. The second-order valence-electron chi connectivity index (χ2n) is 5.84. The van der Waals surface area contributed by atoms with E-state index in [9.17, 15) is 4.79 Å². The fraction of sp³-hybridized carbons (Fsp3) is 0.444. The number of rotatable bonds is 7. The monoisotopic (exact) mass is 362 g/mol. The molecular formula is C18H22N2O2S2. The van der Waals surface area contributed by atoms with Crippen LogP contribution in [-0.2, 0) is 24.1 Å². The van der Waals surface area contributed by atoms with Crippen LogP contribution in [0.2, 0.25) is 0 Å². The first-order valence-electron chi connectivity index (χ1n) is 8.15. The van der Waals surface area contributed by atoms with Gasteiger partial charge in [-0.25, -0.2) is 4.98 Å². The van der Waals surface area contributed by atoms with E-state index >= 15 is 0 Å². The number of aromatic nitrogens is 2. The highest BCUT2D eigenvalue weighted by molar-refractivity contribution is 8.00. The lowest BCUT2D eigenvalue weighted by Gasteiger charge is -2.13. The van der Waals surface area contributed by atoms with Crippen molar-refractivity contribution in [2.45, 2.75) is 41.6 Å². The van der Waals surface area contributed by atoms with Crippen molar-refractivity contribution in [1.82, 2.24) is 9.55 Å². The van der Waals surface area contributed by atoms with E-state index in [1.54, 1.807) is 35.2 Å². The number of benzene rings is 1. The summed E-state index contributed by atoms with van der Waals surface area (Å²) in [6.07, 6.45) is 1.85. The summed E-state index contributed by atoms with van der Waals surface area (Å²) in [5.74, 6) is 0.908. The SMILES string of the molecule is COCCn1c(SCCc2ccccc2)nc2c(c1=O)SC(C)C2. The number of hydrogen-bond donors (Lipinski definition) is 0. The summed E-state index contributed by atoms with van der Waals surface area (Å²) in [5, 5.41) is 1.25. The van der Waals surface area contributed by atoms with Crippen LogP contribution in [0.1, 0.15) is 18.2 Å². The number of methoxy groups -OCH3 is 1. The Morgan fingerprint density at radius 3 is 2.92 bits per heavy atom. The number of aryl methyl sites for hydroxylation is 1. The fourth-order valence-corrected chi connectivity index (χ4v) is 4.87. The van der Waals surface area contributed by atoms with Crippen molar-refractivity contribution in [3.8, 4) is 0 Å². The van der Waals surface area contributed by atoms with Gasteiger partial charge in [0.05, 0.1) is 23.7 Å². The third-order valence-corrected chi connectivity index (χ3v) is 6.14. The van der Waals surface area contributed by atoms with Crippen molar-refractivity contribution in [2.75, 3.05) is 19.5 Å². The molecule has 0 amide bonds. The Bertz CT molecular complexity index is 747. The predicted molar refractivity (Wildman–Crippen MR) is 100 cm³/mol. The molecule has 24 heavy (non-hydrogen) atoms. The van der Waals surface area contributed by atoms with E-state index in [0.29, 0.717) is 18.4 Å². The van der Waals surface area contributed by atoms with E-state index in [2.05, 4.69) is 31.2 Å². The summed E-state index contributed by atoms with van der Waals surface area (Å²) < 4.78 is 6.95. The smallest absolute Gasteiger partial charge is 0.268 e. The van der Waals surface area contributed by atoms with Crippen LogP contribution >= 0.6 is 23.5 Å². The van der Waals surface area contributed by atoms with Crippen LogP contribution in [0.5, 0.6) is 0 Å². The molecule has 4 nitrogen and oxygen atoms in total. The van der Waals surface area contributed by atoms with Gasteiger partial charge in [0.25, 0.3) is 5.56 Å². The summed E-state index contributed by atoms with van der Waals surface area (Å²) in [7, 11) is 1.66. The Morgan fingerprint density at radius 2 is 2.17 bits per heavy atom. The minimum Gasteiger partial charge on any atom is -0.383 e. The minimum atomic E-state index is 0.0913. The highest BCUT2D eigenvalue weighted by atomic mass is 32.2. The molecule has 1 atom stereocenters. The van der Waals surface area contributed by atoms with E-state index in [0.717, 1.165) is 34.3 Å². The summed E-state index contributed by atoms with van der Waals surface area (Å²) in [6.45, 7) is 3.22. The minimum absolute atomic E-state index is 0.0913. The first-order valence-corrected chi connectivity index (χ1v) is 10.0. The molecule has 6 heteroatoms. The van der Waals surface area contributed by atoms with Crippen LogP contribution < -0.4 is 5.56 Å². The van der Waals surface area contributed by atoms with Crippen LogP contribution in [0.4, 0.5) is 0 Å². The Kier molecular flexibility index (Phi) is 6.03. The average molecular weight is 363 g/mol. The van der Waals surface area contributed by atoms with Crippen molar-refractivity contribution >= 4 is 23.5 Å². The van der Waals surface area contributed by atoms with Gasteiger partial charge in [-0.05, 0) is 12.0 Å². The summed E-state index contributed by atoms with van der Waals surface area (Å²) >= 11 is 3.31. The first-order chi connectivity index (χ1) is 11.7. The Labute approximate surface area is 151 Å². The second-order valence-corrected chi connectivity index (χ2v) is 8.35. The predicted octanol–water partition coefficient (Wildman–Crippen LogP) is 3.26. The maximum absolute atomic E-state index is 12.8. The largest absolute Gasteiger partial charge is 0.383 e.